The fraction of sp³-hybridized carbons (Fsp3) is 0.143. The van der Waals surface area contributed by atoms with E-state index in [0.717, 1.165) is 33.4 Å². The van der Waals surface area contributed by atoms with Gasteiger partial charge in [-0.15, -0.1) is 0 Å². The topological polar surface area (TPSA) is 73.6 Å². The number of nitrogens with one attached hydrogen (secondary N) is 3. The molecule has 0 aliphatic rings. The van der Waals surface area contributed by atoms with Gasteiger partial charge >= 0.3 is 0 Å². The van der Waals surface area contributed by atoms with Crippen molar-refractivity contribution in [3.05, 3.63) is 71.7 Å². The summed E-state index contributed by atoms with van der Waals surface area (Å²) in [5, 5.41) is 10.4. The zero-order valence-electron chi connectivity index (χ0n) is 14.8. The number of amides is 1. The number of halogens is 1. The molecule has 0 saturated carbocycles. The Kier molecular flexibility index (Phi) is 4.46. The molecule has 1 amide bonds. The molecule has 5 nitrogen and oxygen atoms in total. The van der Waals surface area contributed by atoms with Gasteiger partial charge in [-0.25, -0.2) is 4.39 Å². The van der Waals surface area contributed by atoms with Gasteiger partial charge in [-0.1, -0.05) is 30.3 Å². The van der Waals surface area contributed by atoms with Crippen LogP contribution in [0, 0.1) is 12.7 Å². The summed E-state index contributed by atoms with van der Waals surface area (Å²) in [6.07, 6.45) is 0.762. The Morgan fingerprint density at radius 3 is 2.70 bits per heavy atom. The smallest absolute Gasteiger partial charge is 0.225 e. The monoisotopic (exact) mass is 362 g/mol. The number of aromatic amines is 2. The number of carbonyl (C=O) groups excluding carboxylic acids is 1. The summed E-state index contributed by atoms with van der Waals surface area (Å²) in [5.41, 5.74) is 4.59. The van der Waals surface area contributed by atoms with E-state index in [1.54, 1.807) is 12.1 Å². The summed E-state index contributed by atoms with van der Waals surface area (Å²) in [6.45, 7) is 1.87. The van der Waals surface area contributed by atoms with Gasteiger partial charge in [0.05, 0.1) is 0 Å². The number of aromatic nitrogens is 3. The molecule has 136 valence electrons. The molecule has 4 rings (SSSR count). The molecule has 2 aromatic heterocycles. The lowest BCUT2D eigenvalue weighted by Crippen LogP contribution is -2.12. The first-order valence-corrected chi connectivity index (χ1v) is 8.77. The van der Waals surface area contributed by atoms with E-state index in [0.29, 0.717) is 12.2 Å². The fourth-order valence-electron chi connectivity index (χ4n) is 3.26. The van der Waals surface area contributed by atoms with Gasteiger partial charge in [0, 0.05) is 34.8 Å². The van der Waals surface area contributed by atoms with Gasteiger partial charge in [-0.2, -0.15) is 5.10 Å². The molecule has 0 spiro atoms. The van der Waals surface area contributed by atoms with Gasteiger partial charge in [0.2, 0.25) is 5.91 Å². The number of benzene rings is 2. The highest BCUT2D eigenvalue weighted by molar-refractivity contribution is 5.93. The van der Waals surface area contributed by atoms with Crippen LogP contribution in [-0.2, 0) is 11.2 Å². The van der Waals surface area contributed by atoms with Crippen LogP contribution in [-0.4, -0.2) is 21.1 Å². The van der Waals surface area contributed by atoms with Crippen molar-refractivity contribution >= 4 is 22.6 Å². The van der Waals surface area contributed by atoms with E-state index in [1.165, 1.54) is 12.1 Å². The molecule has 0 bridgehead atoms. The zero-order chi connectivity index (χ0) is 18.8. The number of carbonyl (C=O) groups is 1. The lowest BCUT2D eigenvalue weighted by molar-refractivity contribution is -0.116. The SMILES string of the molecule is Cc1cc(NC(=O)CCc2c(-c3ccccc3)[nH]c3ccc(F)cc23)n[nH]1. The first-order valence-electron chi connectivity index (χ1n) is 8.77. The third-order valence-corrected chi connectivity index (χ3v) is 4.51. The van der Waals surface area contributed by atoms with Crippen LogP contribution in [0.2, 0.25) is 0 Å². The van der Waals surface area contributed by atoms with Crippen LogP contribution in [0.3, 0.4) is 0 Å². The zero-order valence-corrected chi connectivity index (χ0v) is 14.8. The molecule has 2 aromatic carbocycles. The average Bonchev–Trinajstić information content (AvgIpc) is 3.23. The molecule has 6 heteroatoms. The summed E-state index contributed by atoms with van der Waals surface area (Å²) in [7, 11) is 0. The van der Waals surface area contributed by atoms with E-state index in [4.69, 9.17) is 0 Å². The number of hydrogen-bond acceptors (Lipinski definition) is 2. The number of nitrogens with zero attached hydrogens (tertiary/aromatic N) is 1. The minimum Gasteiger partial charge on any atom is -0.354 e. The van der Waals surface area contributed by atoms with Crippen molar-refractivity contribution in [2.24, 2.45) is 0 Å². The van der Waals surface area contributed by atoms with Crippen LogP contribution < -0.4 is 5.32 Å². The predicted molar refractivity (Wildman–Crippen MR) is 104 cm³/mol. The summed E-state index contributed by atoms with van der Waals surface area (Å²) in [4.78, 5) is 15.7. The van der Waals surface area contributed by atoms with E-state index in [2.05, 4.69) is 20.5 Å². The van der Waals surface area contributed by atoms with Crippen LogP contribution in [0.5, 0.6) is 0 Å². The second-order valence-electron chi connectivity index (χ2n) is 6.52. The average molecular weight is 362 g/mol. The lowest BCUT2D eigenvalue weighted by atomic mass is 10.0. The quantitative estimate of drug-likeness (QED) is 0.486. The molecule has 2 heterocycles. The first-order chi connectivity index (χ1) is 13.1. The highest BCUT2D eigenvalue weighted by Crippen LogP contribution is 2.31. The van der Waals surface area contributed by atoms with Gasteiger partial charge in [0.1, 0.15) is 5.82 Å². The van der Waals surface area contributed by atoms with Crippen molar-refractivity contribution in [3.8, 4) is 11.3 Å². The van der Waals surface area contributed by atoms with Crippen molar-refractivity contribution in [3.63, 3.8) is 0 Å². The molecular weight excluding hydrogens is 343 g/mol. The van der Waals surface area contributed by atoms with E-state index in [1.807, 2.05) is 37.3 Å². The summed E-state index contributed by atoms with van der Waals surface area (Å²) in [5.74, 6) is 0.0795. The molecule has 0 aliphatic heterocycles. The Hall–Kier alpha value is -3.41. The van der Waals surface area contributed by atoms with Crippen molar-refractivity contribution in [2.45, 2.75) is 19.8 Å². The van der Waals surface area contributed by atoms with Crippen molar-refractivity contribution < 1.29 is 9.18 Å². The summed E-state index contributed by atoms with van der Waals surface area (Å²) >= 11 is 0. The maximum atomic E-state index is 13.8. The largest absolute Gasteiger partial charge is 0.354 e. The van der Waals surface area contributed by atoms with Crippen LogP contribution in [0.25, 0.3) is 22.2 Å². The van der Waals surface area contributed by atoms with Crippen LogP contribution in [0.1, 0.15) is 17.7 Å². The Morgan fingerprint density at radius 2 is 1.96 bits per heavy atom. The van der Waals surface area contributed by atoms with Gasteiger partial charge in [-0.05, 0) is 42.7 Å². The molecular formula is C21H19FN4O. The molecule has 0 radical (unpaired) electrons. The Bertz CT molecular complexity index is 1100. The van der Waals surface area contributed by atoms with Crippen LogP contribution in [0.4, 0.5) is 10.2 Å². The number of H-pyrrole nitrogens is 2. The van der Waals surface area contributed by atoms with Crippen molar-refractivity contribution in [1.29, 1.82) is 0 Å². The highest BCUT2D eigenvalue weighted by atomic mass is 19.1. The number of fused-ring (bicyclic) bond motifs is 1. The van der Waals surface area contributed by atoms with Gasteiger partial charge in [0.15, 0.2) is 5.82 Å². The Balaban J connectivity index is 1.63. The van der Waals surface area contributed by atoms with Gasteiger partial charge in [-0.3, -0.25) is 9.89 Å². The number of anilines is 1. The Morgan fingerprint density at radius 1 is 1.15 bits per heavy atom. The first kappa shape index (κ1) is 17.0. The standard InChI is InChI=1S/C21H19FN4O/c1-13-11-19(26-25-13)24-20(27)10-8-16-17-12-15(22)7-9-18(17)23-21(16)14-5-3-2-4-6-14/h2-7,9,11-12,23H,8,10H2,1H3,(H2,24,25,26,27). The minimum absolute atomic E-state index is 0.133. The number of hydrogen-bond donors (Lipinski definition) is 3. The third-order valence-electron chi connectivity index (χ3n) is 4.51. The predicted octanol–water partition coefficient (Wildman–Crippen LogP) is 4.58. The van der Waals surface area contributed by atoms with Gasteiger partial charge in [0.25, 0.3) is 0 Å². The van der Waals surface area contributed by atoms with Gasteiger partial charge < -0.3 is 10.3 Å². The third kappa shape index (κ3) is 3.60. The molecule has 3 N–H and O–H groups in total. The number of aryl methyl sites for hydroxylation is 2. The van der Waals surface area contributed by atoms with Crippen molar-refractivity contribution in [1.82, 2.24) is 15.2 Å². The lowest BCUT2D eigenvalue weighted by Gasteiger charge is -2.06. The number of rotatable bonds is 5. The molecule has 0 fully saturated rings. The second-order valence-corrected chi connectivity index (χ2v) is 6.52. The molecule has 0 aliphatic carbocycles. The van der Waals surface area contributed by atoms with Crippen molar-refractivity contribution in [2.75, 3.05) is 5.32 Å². The fourth-order valence-corrected chi connectivity index (χ4v) is 3.26. The minimum atomic E-state index is -0.293. The molecule has 27 heavy (non-hydrogen) atoms. The van der Waals surface area contributed by atoms with E-state index in [9.17, 15) is 9.18 Å². The summed E-state index contributed by atoms with van der Waals surface area (Å²) < 4.78 is 13.8. The molecule has 0 saturated heterocycles. The normalized spacial score (nSPS) is 11.0. The van der Waals surface area contributed by atoms with Crippen LogP contribution in [0.15, 0.2) is 54.6 Å². The van der Waals surface area contributed by atoms with E-state index >= 15 is 0 Å². The maximum absolute atomic E-state index is 13.8. The molecule has 0 unspecified atom stereocenters. The molecule has 0 atom stereocenters. The van der Waals surface area contributed by atoms with E-state index < -0.39 is 0 Å². The second kappa shape index (κ2) is 7.07. The molecule has 4 aromatic rings. The maximum Gasteiger partial charge on any atom is 0.225 e. The summed E-state index contributed by atoms with van der Waals surface area (Å²) in [6, 6.07) is 16.3. The van der Waals surface area contributed by atoms with Crippen LogP contribution >= 0.6 is 0 Å². The highest BCUT2D eigenvalue weighted by Gasteiger charge is 2.15. The Labute approximate surface area is 155 Å². The van der Waals surface area contributed by atoms with E-state index in [-0.39, 0.29) is 18.1 Å².